The van der Waals surface area contributed by atoms with Gasteiger partial charge in [-0.05, 0) is 31.0 Å². The van der Waals surface area contributed by atoms with E-state index in [1.165, 1.54) is 0 Å². The highest BCUT2D eigenvalue weighted by molar-refractivity contribution is 6.01. The van der Waals surface area contributed by atoms with Crippen molar-refractivity contribution in [2.45, 2.75) is 25.1 Å². The van der Waals surface area contributed by atoms with Gasteiger partial charge in [-0.25, -0.2) is 0 Å². The van der Waals surface area contributed by atoms with E-state index >= 15 is 0 Å². The Hall–Kier alpha value is -2.93. The van der Waals surface area contributed by atoms with Crippen LogP contribution in [0.2, 0.25) is 0 Å². The van der Waals surface area contributed by atoms with Gasteiger partial charge in [0.25, 0.3) is 5.91 Å². The summed E-state index contributed by atoms with van der Waals surface area (Å²) in [7, 11) is 4.78. The van der Waals surface area contributed by atoms with Crippen molar-refractivity contribution in [3.8, 4) is 17.2 Å². The summed E-state index contributed by atoms with van der Waals surface area (Å²) in [6.07, 6.45) is 1.57. The van der Waals surface area contributed by atoms with Gasteiger partial charge in [-0.3, -0.25) is 4.79 Å². The van der Waals surface area contributed by atoms with Crippen LogP contribution in [-0.2, 0) is 4.74 Å². The van der Waals surface area contributed by atoms with Crippen molar-refractivity contribution < 1.29 is 23.7 Å². The van der Waals surface area contributed by atoms with Crippen molar-refractivity contribution in [3.63, 3.8) is 0 Å². The lowest BCUT2D eigenvalue weighted by Gasteiger charge is -2.39. The van der Waals surface area contributed by atoms with Gasteiger partial charge in [0, 0.05) is 30.5 Å². The maximum atomic E-state index is 13.4. The van der Waals surface area contributed by atoms with Gasteiger partial charge in [0.2, 0.25) is 0 Å². The van der Waals surface area contributed by atoms with Crippen LogP contribution in [0.4, 0.5) is 5.69 Å². The van der Waals surface area contributed by atoms with Crippen LogP contribution < -0.4 is 19.5 Å². The Bertz CT molecular complexity index is 895. The van der Waals surface area contributed by atoms with Gasteiger partial charge in [0.15, 0.2) is 11.5 Å². The van der Waals surface area contributed by atoms with E-state index in [1.54, 1.807) is 27.4 Å². The van der Waals surface area contributed by atoms with E-state index in [4.69, 9.17) is 18.9 Å². The van der Waals surface area contributed by atoms with Crippen LogP contribution in [0.5, 0.6) is 17.2 Å². The maximum Gasteiger partial charge on any atom is 0.257 e. The van der Waals surface area contributed by atoms with E-state index in [-0.39, 0.29) is 12.0 Å². The Morgan fingerprint density at radius 2 is 1.79 bits per heavy atom. The van der Waals surface area contributed by atoms with E-state index in [0.29, 0.717) is 29.4 Å². The van der Waals surface area contributed by atoms with Crippen LogP contribution in [0.1, 0.15) is 34.9 Å². The molecule has 2 atom stereocenters. The second kappa shape index (κ2) is 8.21. The average Bonchev–Trinajstić information content (AvgIpc) is 3.28. The predicted molar refractivity (Wildman–Crippen MR) is 109 cm³/mol. The second-order valence-corrected chi connectivity index (χ2v) is 7.13. The molecule has 2 heterocycles. The Kier molecular flexibility index (Phi) is 5.49. The fourth-order valence-electron chi connectivity index (χ4n) is 4.00. The highest BCUT2D eigenvalue weighted by atomic mass is 16.5. The summed E-state index contributed by atoms with van der Waals surface area (Å²) in [6.45, 7) is 1.24. The van der Waals surface area contributed by atoms with Crippen molar-refractivity contribution >= 4 is 11.6 Å². The number of ether oxygens (including phenoxy) is 4. The molecule has 7 heteroatoms. The minimum atomic E-state index is -0.420. The zero-order valence-corrected chi connectivity index (χ0v) is 16.9. The van der Waals surface area contributed by atoms with Gasteiger partial charge in [0.1, 0.15) is 11.9 Å². The fourth-order valence-corrected chi connectivity index (χ4v) is 4.00. The number of amides is 1. The summed E-state index contributed by atoms with van der Waals surface area (Å²) < 4.78 is 22.4. The monoisotopic (exact) mass is 398 g/mol. The average molecular weight is 398 g/mol. The minimum absolute atomic E-state index is 0.0275. The Morgan fingerprint density at radius 1 is 1.07 bits per heavy atom. The lowest BCUT2D eigenvalue weighted by atomic mass is 10.0. The molecule has 1 N–H and O–H groups in total. The first-order valence-corrected chi connectivity index (χ1v) is 9.74. The van der Waals surface area contributed by atoms with Crippen LogP contribution in [0.15, 0.2) is 36.4 Å². The molecule has 1 fully saturated rings. The standard InChI is InChI=1S/C22H26N2O5/c1-26-18-12-20(28-3)19(27-2)11-16(18)21-23-17-9-5-4-8-15(17)22(25)24(21)13-14-7-6-10-29-14/h4-5,8-9,11-12,14,21,23H,6-7,10,13H2,1-3H3/t14-,21-/m1/s1. The number of hydrogen-bond donors (Lipinski definition) is 1. The number of fused-ring (bicyclic) bond motifs is 1. The molecule has 0 saturated carbocycles. The number of benzene rings is 2. The van der Waals surface area contributed by atoms with Gasteiger partial charge in [0.05, 0.1) is 33.0 Å². The lowest BCUT2D eigenvalue weighted by molar-refractivity contribution is 0.0424. The number of nitrogens with zero attached hydrogens (tertiary/aromatic N) is 1. The number of carbonyl (C=O) groups excluding carboxylic acids is 1. The number of rotatable bonds is 6. The quantitative estimate of drug-likeness (QED) is 0.804. The molecular weight excluding hydrogens is 372 g/mol. The SMILES string of the molecule is COc1cc(OC)c([C@@H]2Nc3ccccc3C(=O)N2C[C@H]2CCCO2)cc1OC. The third-order valence-electron chi connectivity index (χ3n) is 5.48. The predicted octanol–water partition coefficient (Wildman–Crippen LogP) is 3.46. The summed E-state index contributed by atoms with van der Waals surface area (Å²) in [5, 5.41) is 3.50. The molecule has 1 amide bonds. The van der Waals surface area contributed by atoms with Crippen molar-refractivity contribution in [2.24, 2.45) is 0 Å². The molecule has 154 valence electrons. The molecule has 0 unspecified atom stereocenters. The first kappa shape index (κ1) is 19.4. The number of carbonyl (C=O) groups is 1. The molecule has 0 aliphatic carbocycles. The molecule has 2 aliphatic heterocycles. The molecule has 4 rings (SSSR count). The normalized spacial score (nSPS) is 20.8. The van der Waals surface area contributed by atoms with Crippen molar-refractivity contribution in [2.75, 3.05) is 39.8 Å². The fraction of sp³-hybridized carbons (Fsp3) is 0.409. The number of hydrogen-bond acceptors (Lipinski definition) is 6. The molecule has 29 heavy (non-hydrogen) atoms. The molecule has 0 bridgehead atoms. The minimum Gasteiger partial charge on any atom is -0.496 e. The molecule has 2 aliphatic rings. The largest absolute Gasteiger partial charge is 0.496 e. The van der Waals surface area contributed by atoms with Gasteiger partial charge in [-0.15, -0.1) is 0 Å². The summed E-state index contributed by atoms with van der Waals surface area (Å²) in [5.41, 5.74) is 2.25. The number of anilines is 1. The van der Waals surface area contributed by atoms with Crippen LogP contribution in [-0.4, -0.2) is 51.4 Å². The maximum absolute atomic E-state index is 13.4. The molecule has 7 nitrogen and oxygen atoms in total. The van der Waals surface area contributed by atoms with Gasteiger partial charge in [-0.1, -0.05) is 12.1 Å². The molecule has 2 aromatic rings. The third kappa shape index (κ3) is 3.58. The molecular formula is C22H26N2O5. The Labute approximate surface area is 170 Å². The van der Waals surface area contributed by atoms with Crippen molar-refractivity contribution in [1.29, 1.82) is 0 Å². The smallest absolute Gasteiger partial charge is 0.257 e. The highest BCUT2D eigenvalue weighted by Gasteiger charge is 2.37. The summed E-state index contributed by atoms with van der Waals surface area (Å²) in [6, 6.07) is 11.2. The molecule has 2 aromatic carbocycles. The first-order chi connectivity index (χ1) is 14.2. The van der Waals surface area contributed by atoms with Gasteiger partial charge >= 0.3 is 0 Å². The molecule has 1 saturated heterocycles. The zero-order chi connectivity index (χ0) is 20.4. The first-order valence-electron chi connectivity index (χ1n) is 9.74. The van der Waals surface area contributed by atoms with E-state index in [9.17, 15) is 4.79 Å². The topological polar surface area (TPSA) is 69.3 Å². The van der Waals surface area contributed by atoms with Gasteiger partial charge in [-0.2, -0.15) is 0 Å². The van der Waals surface area contributed by atoms with Crippen LogP contribution >= 0.6 is 0 Å². The van der Waals surface area contributed by atoms with Crippen molar-refractivity contribution in [1.82, 2.24) is 4.90 Å². The van der Waals surface area contributed by atoms with E-state index in [1.807, 2.05) is 35.2 Å². The lowest BCUT2D eigenvalue weighted by Crippen LogP contribution is -2.46. The summed E-state index contributed by atoms with van der Waals surface area (Å²) in [5.74, 6) is 1.73. The molecule has 0 radical (unpaired) electrons. The van der Waals surface area contributed by atoms with E-state index in [2.05, 4.69) is 5.32 Å². The third-order valence-corrected chi connectivity index (χ3v) is 5.48. The Morgan fingerprint density at radius 3 is 2.48 bits per heavy atom. The van der Waals surface area contributed by atoms with Crippen molar-refractivity contribution in [3.05, 3.63) is 47.5 Å². The highest BCUT2D eigenvalue weighted by Crippen LogP contribution is 2.42. The van der Waals surface area contributed by atoms with Gasteiger partial charge < -0.3 is 29.2 Å². The van der Waals surface area contributed by atoms with Crippen LogP contribution in [0.3, 0.4) is 0 Å². The summed E-state index contributed by atoms with van der Waals surface area (Å²) in [4.78, 5) is 15.2. The number of methoxy groups -OCH3 is 3. The van der Waals surface area contributed by atoms with E-state index in [0.717, 1.165) is 30.7 Å². The number of para-hydroxylation sites is 1. The summed E-state index contributed by atoms with van der Waals surface area (Å²) >= 11 is 0. The van der Waals surface area contributed by atoms with Crippen LogP contribution in [0.25, 0.3) is 0 Å². The van der Waals surface area contributed by atoms with E-state index < -0.39 is 6.17 Å². The molecule has 0 aromatic heterocycles. The second-order valence-electron chi connectivity index (χ2n) is 7.13. The Balaban J connectivity index is 1.79. The van der Waals surface area contributed by atoms with Crippen LogP contribution in [0, 0.1) is 0 Å². The number of nitrogens with one attached hydrogen (secondary N) is 1. The molecule has 0 spiro atoms. The zero-order valence-electron chi connectivity index (χ0n) is 16.9.